The van der Waals surface area contributed by atoms with Crippen molar-refractivity contribution in [1.82, 2.24) is 0 Å². The highest BCUT2D eigenvalue weighted by molar-refractivity contribution is 6.46. The van der Waals surface area contributed by atoms with E-state index in [2.05, 4.69) is 0 Å². The summed E-state index contributed by atoms with van der Waals surface area (Å²) in [6.45, 7) is 3.66. The van der Waals surface area contributed by atoms with Crippen molar-refractivity contribution in [2.45, 2.75) is 39.3 Å². The molecule has 0 aliphatic heterocycles. The van der Waals surface area contributed by atoms with Crippen molar-refractivity contribution in [1.29, 1.82) is 0 Å². The van der Waals surface area contributed by atoms with Gasteiger partial charge in [0, 0.05) is 12.8 Å². The third-order valence-corrected chi connectivity index (χ3v) is 1.53. The van der Waals surface area contributed by atoms with Gasteiger partial charge in [0.2, 0.25) is 0 Å². The van der Waals surface area contributed by atoms with Crippen LogP contribution in [0.2, 0.25) is 12.6 Å². The lowest BCUT2D eigenvalue weighted by Crippen LogP contribution is -2.05. The summed E-state index contributed by atoms with van der Waals surface area (Å²) in [6, 6.07) is 0. The van der Waals surface area contributed by atoms with E-state index in [9.17, 15) is 9.59 Å². The minimum Gasteiger partial charge on any atom is -0.301 e. The number of hydrogen-bond donors (Lipinski definition) is 0. The number of Topliss-reactive ketones (excluding diaryl/α,β-unsaturated/α-hetero) is 2. The second-order valence-electron chi connectivity index (χ2n) is 2.48. The molecule has 0 bridgehead atoms. The molecule has 0 fully saturated rings. The van der Waals surface area contributed by atoms with Crippen LogP contribution < -0.4 is 0 Å². The molecular formula is C8H14BO2. The van der Waals surface area contributed by atoms with Crippen LogP contribution >= 0.6 is 0 Å². The molecule has 11 heavy (non-hydrogen) atoms. The van der Waals surface area contributed by atoms with Crippen LogP contribution in [0.5, 0.6) is 0 Å². The Balaban J connectivity index is 3.27. The second-order valence-corrected chi connectivity index (χ2v) is 2.48. The molecule has 0 aromatic rings. The largest absolute Gasteiger partial charge is 0.301 e. The van der Waals surface area contributed by atoms with Gasteiger partial charge in [-0.15, -0.1) is 0 Å². The van der Waals surface area contributed by atoms with Crippen molar-refractivity contribution in [2.24, 2.45) is 0 Å². The molecule has 0 saturated heterocycles. The van der Waals surface area contributed by atoms with Crippen molar-refractivity contribution in [2.75, 3.05) is 0 Å². The molecule has 0 spiro atoms. The number of rotatable bonds is 6. The van der Waals surface area contributed by atoms with Gasteiger partial charge in [-0.1, -0.05) is 13.8 Å². The molecular weight excluding hydrogens is 139 g/mol. The van der Waals surface area contributed by atoms with Crippen molar-refractivity contribution in [3.8, 4) is 0 Å². The van der Waals surface area contributed by atoms with Gasteiger partial charge >= 0.3 is 0 Å². The fraction of sp³-hybridized carbons (Fsp3) is 0.750. The van der Waals surface area contributed by atoms with E-state index >= 15 is 0 Å². The first-order valence-corrected chi connectivity index (χ1v) is 4.05. The van der Waals surface area contributed by atoms with Crippen molar-refractivity contribution in [3.05, 3.63) is 0 Å². The quantitative estimate of drug-likeness (QED) is 0.541. The fourth-order valence-corrected chi connectivity index (χ4v) is 0.683. The van der Waals surface area contributed by atoms with Gasteiger partial charge in [-0.25, -0.2) is 0 Å². The van der Waals surface area contributed by atoms with E-state index in [0.29, 0.717) is 25.5 Å². The zero-order valence-corrected chi connectivity index (χ0v) is 7.22. The van der Waals surface area contributed by atoms with Gasteiger partial charge < -0.3 is 9.59 Å². The summed E-state index contributed by atoms with van der Waals surface area (Å²) >= 11 is 0. The first-order chi connectivity index (χ1) is 5.20. The van der Waals surface area contributed by atoms with Crippen LogP contribution in [-0.4, -0.2) is 18.8 Å². The van der Waals surface area contributed by atoms with Gasteiger partial charge in [0.25, 0.3) is 0 Å². The highest BCUT2D eigenvalue weighted by atomic mass is 16.1. The summed E-state index contributed by atoms with van der Waals surface area (Å²) in [6.07, 6.45) is 2.03. The van der Waals surface area contributed by atoms with Crippen LogP contribution in [0.15, 0.2) is 0 Å². The van der Waals surface area contributed by atoms with Crippen LogP contribution in [0.1, 0.15) is 26.7 Å². The van der Waals surface area contributed by atoms with Crippen LogP contribution in [0, 0.1) is 0 Å². The molecule has 0 N–H and O–H groups in total. The van der Waals surface area contributed by atoms with E-state index in [0.717, 1.165) is 0 Å². The van der Waals surface area contributed by atoms with Crippen molar-refractivity contribution < 1.29 is 9.59 Å². The third-order valence-electron chi connectivity index (χ3n) is 1.53. The number of hydrogen-bond acceptors (Lipinski definition) is 2. The van der Waals surface area contributed by atoms with E-state index in [4.69, 9.17) is 0 Å². The normalized spacial score (nSPS) is 9.27. The molecule has 0 unspecified atom stereocenters. The maximum atomic E-state index is 10.7. The second kappa shape index (κ2) is 6.14. The van der Waals surface area contributed by atoms with Gasteiger partial charge in [0.05, 0.1) is 0 Å². The average molecular weight is 153 g/mol. The summed E-state index contributed by atoms with van der Waals surface area (Å²) in [5.74, 6) is 0.405. The lowest BCUT2D eigenvalue weighted by molar-refractivity contribution is -0.116. The molecule has 61 valence electrons. The maximum Gasteiger partial charge on any atom is 0.128 e. The van der Waals surface area contributed by atoms with Crippen LogP contribution in [0.3, 0.4) is 0 Å². The van der Waals surface area contributed by atoms with Gasteiger partial charge in [-0.2, -0.15) is 0 Å². The first-order valence-electron chi connectivity index (χ1n) is 4.05. The SMILES string of the molecule is CCC(=O)C[B]CC(=O)CC. The lowest BCUT2D eigenvalue weighted by Gasteiger charge is -1.94. The molecule has 0 atom stereocenters. The smallest absolute Gasteiger partial charge is 0.128 e. The Bertz CT molecular complexity index is 127. The molecule has 0 amide bonds. The molecule has 0 saturated carbocycles. The Morgan fingerprint density at radius 1 is 1.00 bits per heavy atom. The molecule has 0 aliphatic rings. The molecule has 3 heteroatoms. The van der Waals surface area contributed by atoms with Gasteiger partial charge in [-0.05, 0) is 12.6 Å². The zero-order valence-electron chi connectivity index (χ0n) is 7.22. The summed E-state index contributed by atoms with van der Waals surface area (Å²) in [5, 5.41) is 0. The Morgan fingerprint density at radius 3 is 1.64 bits per heavy atom. The minimum absolute atomic E-state index is 0.203. The Hall–Kier alpha value is -0.595. The fourth-order valence-electron chi connectivity index (χ4n) is 0.683. The minimum atomic E-state index is 0.203. The summed E-state index contributed by atoms with van der Waals surface area (Å²) in [7, 11) is 1.76. The monoisotopic (exact) mass is 153 g/mol. The highest BCUT2D eigenvalue weighted by Crippen LogP contribution is 1.94. The molecule has 0 aliphatic carbocycles. The summed E-state index contributed by atoms with van der Waals surface area (Å²) < 4.78 is 0. The Morgan fingerprint density at radius 2 is 1.36 bits per heavy atom. The van der Waals surface area contributed by atoms with Gasteiger partial charge in [0.1, 0.15) is 18.8 Å². The standard InChI is InChI=1S/C8H14BO2/c1-3-7(10)5-9-6-8(11)4-2/h3-6H2,1-2H3. The van der Waals surface area contributed by atoms with Crippen LogP contribution in [0.25, 0.3) is 0 Å². The predicted octanol–water partition coefficient (Wildman–Crippen LogP) is 1.49. The molecule has 0 aromatic heterocycles. The third kappa shape index (κ3) is 5.83. The molecule has 0 rings (SSSR count). The zero-order chi connectivity index (χ0) is 8.69. The number of carbonyl (C=O) groups excluding carboxylic acids is 2. The van der Waals surface area contributed by atoms with E-state index < -0.39 is 0 Å². The van der Waals surface area contributed by atoms with Crippen molar-refractivity contribution in [3.63, 3.8) is 0 Å². The Labute approximate surface area is 68.6 Å². The summed E-state index contributed by atoms with van der Waals surface area (Å²) in [4.78, 5) is 21.5. The van der Waals surface area contributed by atoms with E-state index in [1.165, 1.54) is 0 Å². The maximum absolute atomic E-state index is 10.7. The summed E-state index contributed by atoms with van der Waals surface area (Å²) in [5.41, 5.74) is 0. The molecule has 1 radical (unpaired) electrons. The molecule has 0 heterocycles. The van der Waals surface area contributed by atoms with Crippen LogP contribution in [0.4, 0.5) is 0 Å². The predicted molar refractivity (Wildman–Crippen MR) is 46.0 cm³/mol. The number of carbonyl (C=O) groups is 2. The van der Waals surface area contributed by atoms with Gasteiger partial charge in [0.15, 0.2) is 0 Å². The van der Waals surface area contributed by atoms with Gasteiger partial charge in [-0.3, -0.25) is 0 Å². The highest BCUT2D eigenvalue weighted by Gasteiger charge is 2.02. The van der Waals surface area contributed by atoms with E-state index in [1.807, 2.05) is 13.8 Å². The Kier molecular flexibility index (Phi) is 5.80. The first kappa shape index (κ1) is 10.4. The van der Waals surface area contributed by atoms with E-state index in [-0.39, 0.29) is 11.6 Å². The molecule has 2 nitrogen and oxygen atoms in total. The topological polar surface area (TPSA) is 34.1 Å². The van der Waals surface area contributed by atoms with Crippen LogP contribution in [-0.2, 0) is 9.59 Å². The average Bonchev–Trinajstić information content (AvgIpc) is 2.04. The molecule has 0 aromatic carbocycles. The van der Waals surface area contributed by atoms with Crippen molar-refractivity contribution >= 4 is 18.8 Å². The van der Waals surface area contributed by atoms with E-state index in [1.54, 1.807) is 7.28 Å². The number of ketones is 2. The lowest BCUT2D eigenvalue weighted by atomic mass is 9.68.